The maximum atomic E-state index is 13.3. The van der Waals surface area contributed by atoms with E-state index in [1.165, 1.54) is 0 Å². The highest BCUT2D eigenvalue weighted by atomic mass is 16.5. The number of aryl methyl sites for hydroxylation is 1. The van der Waals surface area contributed by atoms with Gasteiger partial charge in [0.05, 0.1) is 27.2 Å². The minimum Gasteiger partial charge on any atom is -0.493 e. The summed E-state index contributed by atoms with van der Waals surface area (Å²) in [4.78, 5) is 28.1. The first kappa shape index (κ1) is 23.4. The zero-order valence-corrected chi connectivity index (χ0v) is 19.4. The monoisotopic (exact) mass is 440 g/mol. The first-order valence-electron chi connectivity index (χ1n) is 10.9. The molecule has 0 aromatic heterocycles. The Morgan fingerprint density at radius 1 is 1.03 bits per heavy atom. The van der Waals surface area contributed by atoms with Crippen molar-refractivity contribution in [2.45, 2.75) is 26.2 Å². The number of hydrogen-bond donors (Lipinski definition) is 1. The van der Waals surface area contributed by atoms with E-state index in [2.05, 4.69) is 5.32 Å². The predicted molar refractivity (Wildman–Crippen MR) is 123 cm³/mol. The summed E-state index contributed by atoms with van der Waals surface area (Å²) in [5.41, 5.74) is 2.45. The van der Waals surface area contributed by atoms with Gasteiger partial charge in [0.15, 0.2) is 11.5 Å². The van der Waals surface area contributed by atoms with Gasteiger partial charge in [-0.25, -0.2) is 0 Å². The normalized spacial score (nSPS) is 17.7. The Hall–Kier alpha value is -3.22. The Morgan fingerprint density at radius 2 is 1.69 bits per heavy atom. The molecule has 7 heteroatoms. The summed E-state index contributed by atoms with van der Waals surface area (Å²) >= 11 is 0. The molecular formula is C25H32N2O5. The van der Waals surface area contributed by atoms with Crippen molar-refractivity contribution in [2.24, 2.45) is 5.92 Å². The average Bonchev–Trinajstić information content (AvgIpc) is 3.27. The van der Waals surface area contributed by atoms with Gasteiger partial charge in [0.25, 0.3) is 5.91 Å². The fourth-order valence-electron chi connectivity index (χ4n) is 4.25. The Kier molecular flexibility index (Phi) is 7.62. The average molecular weight is 441 g/mol. The van der Waals surface area contributed by atoms with Gasteiger partial charge in [-0.1, -0.05) is 25.1 Å². The third kappa shape index (κ3) is 4.66. The number of nitrogens with zero attached hydrogens (tertiary/aromatic N) is 1. The van der Waals surface area contributed by atoms with Gasteiger partial charge in [0.2, 0.25) is 11.7 Å². The van der Waals surface area contributed by atoms with Gasteiger partial charge in [-0.05, 0) is 42.7 Å². The highest BCUT2D eigenvalue weighted by Crippen LogP contribution is 2.43. The summed E-state index contributed by atoms with van der Waals surface area (Å²) in [6, 6.07) is 11.3. The lowest BCUT2D eigenvalue weighted by Crippen LogP contribution is -2.36. The lowest BCUT2D eigenvalue weighted by atomic mass is 9.88. The summed E-state index contributed by atoms with van der Waals surface area (Å²) in [7, 11) is 4.68. The Bertz CT molecular complexity index is 950. The molecule has 2 atom stereocenters. The van der Waals surface area contributed by atoms with E-state index in [1.54, 1.807) is 26.2 Å². The number of rotatable bonds is 8. The maximum Gasteiger partial charge on any atom is 0.254 e. The molecule has 172 valence electrons. The third-order valence-corrected chi connectivity index (χ3v) is 5.98. The molecule has 0 saturated carbocycles. The molecule has 1 N–H and O–H groups in total. The highest BCUT2D eigenvalue weighted by molar-refractivity contribution is 5.96. The molecule has 1 aliphatic rings. The van der Waals surface area contributed by atoms with Crippen LogP contribution in [0.5, 0.6) is 17.2 Å². The third-order valence-electron chi connectivity index (χ3n) is 5.98. The molecule has 7 nitrogen and oxygen atoms in total. The first-order chi connectivity index (χ1) is 15.4. The molecule has 2 amide bonds. The zero-order valence-electron chi connectivity index (χ0n) is 19.4. The molecule has 3 rings (SSSR count). The largest absolute Gasteiger partial charge is 0.493 e. The number of methoxy groups -OCH3 is 3. The molecule has 0 bridgehead atoms. The van der Waals surface area contributed by atoms with Crippen LogP contribution in [0.1, 0.15) is 40.7 Å². The van der Waals surface area contributed by atoms with E-state index >= 15 is 0 Å². The number of hydrogen-bond acceptors (Lipinski definition) is 5. The van der Waals surface area contributed by atoms with Crippen LogP contribution in [0.2, 0.25) is 0 Å². The van der Waals surface area contributed by atoms with Crippen LogP contribution in [-0.4, -0.2) is 57.7 Å². The lowest BCUT2D eigenvalue weighted by Gasteiger charge is -2.21. The summed E-state index contributed by atoms with van der Waals surface area (Å²) in [5.74, 6) is 0.857. The first-order valence-corrected chi connectivity index (χ1v) is 10.9. The number of carbonyl (C=O) groups excluding carboxylic acids is 2. The predicted octanol–water partition coefficient (Wildman–Crippen LogP) is 3.40. The molecule has 0 radical (unpaired) electrons. The topological polar surface area (TPSA) is 77.1 Å². The summed E-state index contributed by atoms with van der Waals surface area (Å²) in [5, 5.41) is 3.00. The van der Waals surface area contributed by atoms with Crippen molar-refractivity contribution in [3.8, 4) is 17.2 Å². The molecular weight excluding hydrogens is 408 g/mol. The molecule has 0 aliphatic carbocycles. The molecule has 32 heavy (non-hydrogen) atoms. The maximum absolute atomic E-state index is 13.3. The van der Waals surface area contributed by atoms with E-state index in [0.29, 0.717) is 42.4 Å². The fourth-order valence-corrected chi connectivity index (χ4v) is 4.25. The second-order valence-electron chi connectivity index (χ2n) is 7.99. The van der Waals surface area contributed by atoms with Crippen LogP contribution < -0.4 is 19.5 Å². The van der Waals surface area contributed by atoms with Crippen LogP contribution in [0.4, 0.5) is 0 Å². The Labute approximate surface area is 189 Å². The standard InChI is InChI=1S/C25H32N2O5/c1-6-11-26-24(28)20-15-27(25(29)18-10-8-7-9-16(18)2)14-19(20)17-12-21(30-3)23(32-5)22(13-17)31-4/h7-10,12-13,19-20H,6,11,14-15H2,1-5H3,(H,26,28)/t19-,20+/m1/s1. The second kappa shape index (κ2) is 10.4. The minimum atomic E-state index is -0.377. The Balaban J connectivity index is 1.99. The summed E-state index contributed by atoms with van der Waals surface area (Å²) < 4.78 is 16.5. The number of carbonyl (C=O) groups is 2. The van der Waals surface area contributed by atoms with E-state index in [0.717, 1.165) is 17.5 Å². The van der Waals surface area contributed by atoms with Crippen molar-refractivity contribution < 1.29 is 23.8 Å². The van der Waals surface area contributed by atoms with Crippen LogP contribution >= 0.6 is 0 Å². The van der Waals surface area contributed by atoms with Crippen LogP contribution in [-0.2, 0) is 4.79 Å². The quantitative estimate of drug-likeness (QED) is 0.681. The lowest BCUT2D eigenvalue weighted by molar-refractivity contribution is -0.124. The molecule has 1 fully saturated rings. The highest BCUT2D eigenvalue weighted by Gasteiger charge is 2.41. The van der Waals surface area contributed by atoms with Gasteiger partial charge in [0.1, 0.15) is 0 Å². The van der Waals surface area contributed by atoms with Gasteiger partial charge in [-0.3, -0.25) is 9.59 Å². The van der Waals surface area contributed by atoms with Crippen molar-refractivity contribution in [3.05, 3.63) is 53.1 Å². The number of nitrogens with one attached hydrogen (secondary N) is 1. The summed E-state index contributed by atoms with van der Waals surface area (Å²) in [6.45, 7) is 5.31. The smallest absolute Gasteiger partial charge is 0.254 e. The van der Waals surface area contributed by atoms with Crippen molar-refractivity contribution in [3.63, 3.8) is 0 Å². The molecule has 0 unspecified atom stereocenters. The van der Waals surface area contributed by atoms with E-state index in [4.69, 9.17) is 14.2 Å². The van der Waals surface area contributed by atoms with Crippen molar-refractivity contribution >= 4 is 11.8 Å². The van der Waals surface area contributed by atoms with E-state index in [-0.39, 0.29) is 23.7 Å². The number of benzene rings is 2. The van der Waals surface area contributed by atoms with Crippen molar-refractivity contribution in [2.75, 3.05) is 41.0 Å². The van der Waals surface area contributed by atoms with Gasteiger partial charge in [-0.2, -0.15) is 0 Å². The van der Waals surface area contributed by atoms with Crippen molar-refractivity contribution in [1.29, 1.82) is 0 Å². The number of likely N-dealkylation sites (tertiary alicyclic amines) is 1. The Morgan fingerprint density at radius 3 is 2.25 bits per heavy atom. The minimum absolute atomic E-state index is 0.0503. The van der Waals surface area contributed by atoms with E-state index < -0.39 is 0 Å². The van der Waals surface area contributed by atoms with Crippen LogP contribution in [0.15, 0.2) is 36.4 Å². The number of amides is 2. The molecule has 1 saturated heterocycles. The molecule has 2 aromatic rings. The van der Waals surface area contributed by atoms with Crippen molar-refractivity contribution in [1.82, 2.24) is 10.2 Å². The zero-order chi connectivity index (χ0) is 23.3. The fraction of sp³-hybridized carbons (Fsp3) is 0.440. The molecule has 0 spiro atoms. The van der Waals surface area contributed by atoms with E-state index in [9.17, 15) is 9.59 Å². The van der Waals surface area contributed by atoms with E-state index in [1.807, 2.05) is 50.2 Å². The van der Waals surface area contributed by atoms with Gasteiger partial charge in [0, 0.05) is 31.1 Å². The van der Waals surface area contributed by atoms with Crippen LogP contribution in [0.3, 0.4) is 0 Å². The molecule has 2 aromatic carbocycles. The van der Waals surface area contributed by atoms with Crippen LogP contribution in [0.25, 0.3) is 0 Å². The summed E-state index contributed by atoms with van der Waals surface area (Å²) in [6.07, 6.45) is 0.846. The number of ether oxygens (including phenoxy) is 3. The van der Waals surface area contributed by atoms with Gasteiger partial charge < -0.3 is 24.4 Å². The molecule has 1 aliphatic heterocycles. The SMILES string of the molecule is CCCNC(=O)[C@H]1CN(C(=O)c2ccccc2C)C[C@@H]1c1cc(OC)c(OC)c(OC)c1. The molecule has 1 heterocycles. The van der Waals surface area contributed by atoms with Gasteiger partial charge >= 0.3 is 0 Å². The van der Waals surface area contributed by atoms with Gasteiger partial charge in [-0.15, -0.1) is 0 Å². The second-order valence-corrected chi connectivity index (χ2v) is 7.99. The van der Waals surface area contributed by atoms with Crippen LogP contribution in [0, 0.1) is 12.8 Å².